The molecule has 106 valence electrons. The summed E-state index contributed by atoms with van der Waals surface area (Å²) in [6, 6.07) is 0. The molecule has 3 nitrogen and oxygen atoms in total. The van der Waals surface area contributed by atoms with E-state index in [0.29, 0.717) is 0 Å². The van der Waals surface area contributed by atoms with E-state index in [0.717, 1.165) is 11.4 Å². The molecule has 3 unspecified atom stereocenters. The monoisotopic (exact) mass is 272 g/mol. The van der Waals surface area contributed by atoms with Gasteiger partial charge in [-0.15, -0.1) is 0 Å². The maximum absolute atomic E-state index is 11.3. The van der Waals surface area contributed by atoms with Crippen molar-refractivity contribution >= 4 is 10.8 Å². The third kappa shape index (κ3) is 6.84. The third-order valence-electron chi connectivity index (χ3n) is 2.50. The van der Waals surface area contributed by atoms with Crippen molar-refractivity contribution in [1.82, 2.24) is 9.97 Å². The van der Waals surface area contributed by atoms with Gasteiger partial charge in [0.2, 0.25) is 0 Å². The highest BCUT2D eigenvalue weighted by molar-refractivity contribution is 7.84. The molecule has 1 heterocycles. The molecule has 0 aliphatic rings. The molecular formula is C14H28N2OS. The van der Waals surface area contributed by atoms with Gasteiger partial charge in [0, 0.05) is 40.6 Å². The summed E-state index contributed by atoms with van der Waals surface area (Å²) in [6.07, 6.45) is 5.24. The molecule has 0 N–H and O–H groups in total. The fourth-order valence-electron chi connectivity index (χ4n) is 1.17. The summed E-state index contributed by atoms with van der Waals surface area (Å²) in [6.45, 7) is 13.9. The average molecular weight is 272 g/mol. The smallest absolute Gasteiger partial charge is 0.0626 e. The first-order valence-electron chi connectivity index (χ1n) is 6.63. The molecule has 0 aliphatic carbocycles. The normalized spacial score (nSPS) is 14.2. The molecule has 0 spiro atoms. The second-order valence-electron chi connectivity index (χ2n) is 3.58. The molecule has 0 saturated heterocycles. The molecule has 3 atom stereocenters. The Morgan fingerprint density at radius 1 is 1.06 bits per heavy atom. The minimum absolute atomic E-state index is 0.118. The van der Waals surface area contributed by atoms with Gasteiger partial charge in [-0.1, -0.05) is 41.5 Å². The predicted octanol–water partition coefficient (Wildman–Crippen LogP) is 3.71. The van der Waals surface area contributed by atoms with Gasteiger partial charge in [0.15, 0.2) is 0 Å². The highest BCUT2D eigenvalue weighted by atomic mass is 32.2. The summed E-state index contributed by atoms with van der Waals surface area (Å²) in [7, 11) is -0.814. The lowest BCUT2D eigenvalue weighted by Gasteiger charge is -2.16. The van der Waals surface area contributed by atoms with Crippen LogP contribution in [0.15, 0.2) is 12.4 Å². The van der Waals surface area contributed by atoms with Crippen LogP contribution in [0.1, 0.15) is 58.8 Å². The van der Waals surface area contributed by atoms with E-state index in [2.05, 4.69) is 9.97 Å². The Morgan fingerprint density at radius 3 is 1.89 bits per heavy atom. The van der Waals surface area contributed by atoms with Gasteiger partial charge in [-0.2, -0.15) is 0 Å². The minimum Gasteiger partial charge on any atom is -0.260 e. The summed E-state index contributed by atoms with van der Waals surface area (Å²) in [5, 5.41) is 0.118. The van der Waals surface area contributed by atoms with Crippen LogP contribution >= 0.6 is 0 Å². The number of rotatable bonds is 3. The molecule has 18 heavy (non-hydrogen) atoms. The molecule has 0 aliphatic heterocycles. The fraction of sp³-hybridized carbons (Fsp3) is 0.714. The molecule has 4 heteroatoms. The first-order chi connectivity index (χ1) is 8.52. The summed E-state index contributed by atoms with van der Waals surface area (Å²) < 4.78 is 11.3. The quantitative estimate of drug-likeness (QED) is 0.842. The highest BCUT2D eigenvalue weighted by Gasteiger charge is 2.18. The molecule has 0 radical (unpaired) electrons. The zero-order chi connectivity index (χ0) is 14.7. The van der Waals surface area contributed by atoms with Gasteiger partial charge in [0.05, 0.1) is 11.4 Å². The van der Waals surface area contributed by atoms with Crippen molar-refractivity contribution in [2.45, 2.75) is 59.6 Å². The van der Waals surface area contributed by atoms with Crippen LogP contribution in [0.3, 0.4) is 0 Å². The second kappa shape index (κ2) is 11.3. The van der Waals surface area contributed by atoms with Crippen molar-refractivity contribution in [2.24, 2.45) is 0 Å². The van der Waals surface area contributed by atoms with E-state index in [1.165, 1.54) is 0 Å². The van der Waals surface area contributed by atoms with Crippen molar-refractivity contribution in [1.29, 1.82) is 0 Å². The maximum atomic E-state index is 11.3. The van der Waals surface area contributed by atoms with Crippen LogP contribution in [0.5, 0.6) is 0 Å². The van der Waals surface area contributed by atoms with E-state index in [1.54, 1.807) is 18.6 Å². The largest absolute Gasteiger partial charge is 0.260 e. The number of aromatic nitrogens is 2. The Labute approximate surface area is 115 Å². The molecule has 1 rings (SSSR count). The summed E-state index contributed by atoms with van der Waals surface area (Å²) in [5.41, 5.74) is 1.82. The first-order valence-corrected chi connectivity index (χ1v) is 8.25. The Morgan fingerprint density at radius 2 is 1.56 bits per heavy atom. The molecule has 1 aromatic rings. The third-order valence-corrected chi connectivity index (χ3v) is 3.95. The van der Waals surface area contributed by atoms with E-state index >= 15 is 0 Å². The Hall–Kier alpha value is -0.770. The maximum Gasteiger partial charge on any atom is 0.0626 e. The molecule has 0 saturated carbocycles. The van der Waals surface area contributed by atoms with Crippen LogP contribution in [-0.2, 0) is 10.8 Å². The fourth-order valence-corrected chi connectivity index (χ4v) is 1.88. The van der Waals surface area contributed by atoms with Gasteiger partial charge >= 0.3 is 0 Å². The molecular weight excluding hydrogens is 244 g/mol. The summed E-state index contributed by atoms with van der Waals surface area (Å²) in [5.74, 6) is 0.189. The first kappa shape index (κ1) is 19.6. The van der Waals surface area contributed by atoms with Crippen LogP contribution in [0.4, 0.5) is 0 Å². The average Bonchev–Trinajstić information content (AvgIpc) is 2.42. The molecule has 0 bridgehead atoms. The van der Waals surface area contributed by atoms with Crippen LogP contribution in [0.25, 0.3) is 0 Å². The molecule has 1 aromatic heterocycles. The van der Waals surface area contributed by atoms with Gasteiger partial charge in [-0.05, 0) is 6.92 Å². The minimum atomic E-state index is -0.814. The van der Waals surface area contributed by atoms with Crippen molar-refractivity contribution in [2.75, 3.05) is 6.26 Å². The van der Waals surface area contributed by atoms with Crippen LogP contribution in [0, 0.1) is 6.92 Å². The number of nitrogens with zero attached hydrogens (tertiary/aromatic N) is 2. The lowest BCUT2D eigenvalue weighted by molar-refractivity contribution is 0.649. The number of hydrogen-bond acceptors (Lipinski definition) is 3. The molecule has 0 fully saturated rings. The van der Waals surface area contributed by atoms with Crippen LogP contribution in [-0.4, -0.2) is 25.7 Å². The molecule has 0 amide bonds. The standard InChI is InChI=1S/C10H16N2OS.2C2H6/c1-7-5-12-10(6-11-7)8(2)9(3)14(4)13;2*1-2/h5-6,8-9H,1-4H3;2*1-2H3. The van der Waals surface area contributed by atoms with Gasteiger partial charge < -0.3 is 0 Å². The van der Waals surface area contributed by atoms with Crippen LogP contribution < -0.4 is 0 Å². The van der Waals surface area contributed by atoms with Crippen molar-refractivity contribution in [3.63, 3.8) is 0 Å². The predicted molar refractivity (Wildman–Crippen MR) is 81.4 cm³/mol. The Balaban J connectivity index is 0. The SMILES string of the molecule is CC.CC.Cc1cnc(C(C)C(C)S(C)=O)cn1. The van der Waals surface area contributed by atoms with E-state index in [1.807, 2.05) is 48.5 Å². The number of hydrogen-bond donors (Lipinski definition) is 0. The van der Waals surface area contributed by atoms with Crippen molar-refractivity contribution in [3.8, 4) is 0 Å². The molecule has 0 aromatic carbocycles. The van der Waals surface area contributed by atoms with Gasteiger partial charge in [-0.3, -0.25) is 14.2 Å². The Bertz CT molecular complexity index is 325. The summed E-state index contributed by atoms with van der Waals surface area (Å²) in [4.78, 5) is 8.47. The lowest BCUT2D eigenvalue weighted by atomic mass is 10.1. The van der Waals surface area contributed by atoms with Crippen LogP contribution in [0.2, 0.25) is 0 Å². The van der Waals surface area contributed by atoms with Gasteiger partial charge in [0.25, 0.3) is 0 Å². The van der Waals surface area contributed by atoms with Crippen molar-refractivity contribution < 1.29 is 4.21 Å². The van der Waals surface area contributed by atoms with E-state index in [4.69, 9.17) is 0 Å². The van der Waals surface area contributed by atoms with E-state index in [-0.39, 0.29) is 11.2 Å². The van der Waals surface area contributed by atoms with Gasteiger partial charge in [0.1, 0.15) is 0 Å². The highest BCUT2D eigenvalue weighted by Crippen LogP contribution is 2.19. The lowest BCUT2D eigenvalue weighted by Crippen LogP contribution is -2.18. The second-order valence-corrected chi connectivity index (χ2v) is 5.32. The van der Waals surface area contributed by atoms with E-state index in [9.17, 15) is 4.21 Å². The van der Waals surface area contributed by atoms with Gasteiger partial charge in [-0.25, -0.2) is 0 Å². The van der Waals surface area contributed by atoms with Crippen molar-refractivity contribution in [3.05, 3.63) is 23.8 Å². The Kier molecular flexibility index (Phi) is 12.3. The van der Waals surface area contributed by atoms with E-state index < -0.39 is 10.8 Å². The zero-order valence-electron chi connectivity index (χ0n) is 13.0. The zero-order valence-corrected chi connectivity index (χ0v) is 13.8. The number of aryl methyl sites for hydroxylation is 1. The summed E-state index contributed by atoms with van der Waals surface area (Å²) >= 11 is 0. The topological polar surface area (TPSA) is 42.9 Å².